The van der Waals surface area contributed by atoms with Crippen molar-refractivity contribution in [3.8, 4) is 0 Å². The van der Waals surface area contributed by atoms with Gasteiger partial charge in [0.2, 0.25) is 11.0 Å². The molecule has 4 aromatic heterocycles. The van der Waals surface area contributed by atoms with Crippen LogP contribution in [-0.2, 0) is 0 Å². The Balaban J connectivity index is 2.27. The highest BCUT2D eigenvalue weighted by molar-refractivity contribution is 6.21. The number of fused-ring (bicyclic) bond motifs is 7. The lowest BCUT2D eigenvalue weighted by Gasteiger charge is -2.12. The minimum absolute atomic E-state index is 1.30. The number of pyridine rings is 4. The van der Waals surface area contributed by atoms with E-state index in [0.717, 1.165) is 0 Å². The molecule has 0 spiro atoms. The predicted octanol–water partition coefficient (Wildman–Crippen LogP) is 4.70. The van der Waals surface area contributed by atoms with Gasteiger partial charge in [0.05, 0.1) is 10.8 Å². The lowest BCUT2D eigenvalue weighted by atomic mass is 9.91. The summed E-state index contributed by atoms with van der Waals surface area (Å²) in [6, 6.07) is 13.2. The molecule has 26 heavy (non-hydrogen) atoms. The molecule has 0 aliphatic carbocycles. The molecule has 5 aromatic rings. The first-order valence-corrected chi connectivity index (χ1v) is 9.13. The second-order valence-electron chi connectivity index (χ2n) is 7.35. The van der Waals surface area contributed by atoms with E-state index >= 15 is 0 Å². The summed E-state index contributed by atoms with van der Waals surface area (Å²) in [4.78, 5) is 0. The van der Waals surface area contributed by atoms with Crippen LogP contribution in [0.1, 0.15) is 22.3 Å². The summed E-state index contributed by atoms with van der Waals surface area (Å²) in [5.74, 6) is 0. The van der Waals surface area contributed by atoms with E-state index in [1.807, 2.05) is 0 Å². The van der Waals surface area contributed by atoms with E-state index in [4.69, 9.17) is 0 Å². The van der Waals surface area contributed by atoms with Crippen molar-refractivity contribution in [1.82, 2.24) is 0 Å². The van der Waals surface area contributed by atoms with Gasteiger partial charge in [0, 0.05) is 35.4 Å². The van der Waals surface area contributed by atoms with Crippen molar-refractivity contribution in [3.05, 3.63) is 83.4 Å². The van der Waals surface area contributed by atoms with E-state index < -0.39 is 0 Å². The molecule has 0 aliphatic rings. The van der Waals surface area contributed by atoms with Crippen LogP contribution in [-0.4, -0.2) is 0 Å². The third-order valence-electron chi connectivity index (χ3n) is 5.89. The topological polar surface area (TPSA) is 8.20 Å². The first-order chi connectivity index (χ1) is 12.6. The molecule has 4 heterocycles. The number of benzene rings is 1. The summed E-state index contributed by atoms with van der Waals surface area (Å²) < 4.78 is 4.52. The molecule has 0 amide bonds. The van der Waals surface area contributed by atoms with Crippen LogP contribution < -0.4 is 8.80 Å². The van der Waals surface area contributed by atoms with E-state index in [2.05, 4.69) is 97.7 Å². The van der Waals surface area contributed by atoms with E-state index in [0.29, 0.717) is 0 Å². The van der Waals surface area contributed by atoms with E-state index in [1.165, 1.54) is 54.8 Å². The van der Waals surface area contributed by atoms with Crippen molar-refractivity contribution in [2.75, 3.05) is 0 Å². The fourth-order valence-corrected chi connectivity index (χ4v) is 4.44. The molecule has 0 fully saturated rings. The van der Waals surface area contributed by atoms with Crippen molar-refractivity contribution < 1.29 is 8.80 Å². The van der Waals surface area contributed by atoms with Crippen molar-refractivity contribution in [1.29, 1.82) is 0 Å². The van der Waals surface area contributed by atoms with Crippen LogP contribution in [0.4, 0.5) is 0 Å². The molecular weight excluding hydrogens is 316 g/mol. The number of nitrogens with zero attached hydrogens (tertiary/aromatic N) is 2. The van der Waals surface area contributed by atoms with Gasteiger partial charge in [-0.25, -0.2) is 0 Å². The summed E-state index contributed by atoms with van der Waals surface area (Å²) in [6.07, 6.45) is 8.67. The van der Waals surface area contributed by atoms with Crippen molar-refractivity contribution >= 4 is 32.6 Å². The Morgan fingerprint density at radius 1 is 0.538 bits per heavy atom. The Morgan fingerprint density at radius 2 is 0.962 bits per heavy atom. The zero-order valence-electron chi connectivity index (χ0n) is 15.7. The molecule has 0 aliphatic heterocycles. The Morgan fingerprint density at radius 3 is 1.38 bits per heavy atom. The molecule has 2 heteroatoms. The number of aryl methyl sites for hydroxylation is 4. The van der Waals surface area contributed by atoms with Gasteiger partial charge in [-0.3, -0.25) is 0 Å². The SMILES string of the molecule is Cc1c(C)c2cc[n+]3cccc(C)c3c2c2c1cc[n+]1cccc(C)c21. The summed E-state index contributed by atoms with van der Waals surface area (Å²) in [5, 5.41) is 5.41. The Bertz CT molecular complexity index is 1260. The lowest BCUT2D eigenvalue weighted by molar-refractivity contribution is -0.512. The van der Waals surface area contributed by atoms with Crippen LogP contribution in [0.2, 0.25) is 0 Å². The van der Waals surface area contributed by atoms with Crippen LogP contribution in [0.5, 0.6) is 0 Å². The van der Waals surface area contributed by atoms with Gasteiger partial charge in [-0.2, -0.15) is 8.80 Å². The van der Waals surface area contributed by atoms with Gasteiger partial charge in [-0.1, -0.05) is 0 Å². The second kappa shape index (κ2) is 5.25. The molecular formula is C24H22N2+2. The van der Waals surface area contributed by atoms with Gasteiger partial charge in [0.25, 0.3) is 0 Å². The first kappa shape index (κ1) is 15.3. The zero-order chi connectivity index (χ0) is 18.0. The minimum Gasteiger partial charge on any atom is -0.166 e. The molecule has 1 aromatic carbocycles. The number of hydrogen-bond acceptors (Lipinski definition) is 0. The van der Waals surface area contributed by atoms with Gasteiger partial charge >= 0.3 is 0 Å². The van der Waals surface area contributed by atoms with E-state index in [1.54, 1.807) is 0 Å². The van der Waals surface area contributed by atoms with Gasteiger partial charge in [0.1, 0.15) is 0 Å². The molecule has 126 valence electrons. The lowest BCUT2D eigenvalue weighted by Crippen LogP contribution is -2.24. The highest BCUT2D eigenvalue weighted by Gasteiger charge is 2.22. The maximum absolute atomic E-state index is 2.27. The fraction of sp³-hybridized carbons (Fsp3) is 0.167. The Hall–Kier alpha value is -3.00. The van der Waals surface area contributed by atoms with Gasteiger partial charge in [-0.15, -0.1) is 0 Å². The van der Waals surface area contributed by atoms with Gasteiger partial charge in [-0.05, 0) is 61.7 Å². The highest BCUT2D eigenvalue weighted by Crippen LogP contribution is 2.36. The van der Waals surface area contributed by atoms with Crippen LogP contribution >= 0.6 is 0 Å². The second-order valence-corrected chi connectivity index (χ2v) is 7.35. The van der Waals surface area contributed by atoms with Crippen molar-refractivity contribution in [2.45, 2.75) is 27.7 Å². The molecule has 0 N–H and O–H groups in total. The molecule has 0 radical (unpaired) electrons. The maximum Gasteiger partial charge on any atom is 0.222 e. The average molecular weight is 338 g/mol. The number of rotatable bonds is 0. The number of hydrogen-bond donors (Lipinski definition) is 0. The van der Waals surface area contributed by atoms with Crippen LogP contribution in [0.3, 0.4) is 0 Å². The highest BCUT2D eigenvalue weighted by atomic mass is 14.9. The van der Waals surface area contributed by atoms with Gasteiger partial charge < -0.3 is 0 Å². The molecule has 0 saturated heterocycles. The molecule has 0 saturated carbocycles. The molecule has 0 bridgehead atoms. The Labute approximate surface area is 153 Å². The quantitative estimate of drug-likeness (QED) is 0.286. The normalized spacial score (nSPS) is 11.8. The third kappa shape index (κ3) is 1.87. The van der Waals surface area contributed by atoms with Crippen LogP contribution in [0, 0.1) is 27.7 Å². The van der Waals surface area contributed by atoms with Gasteiger partial charge in [0.15, 0.2) is 24.8 Å². The molecule has 0 atom stereocenters. The van der Waals surface area contributed by atoms with Crippen LogP contribution in [0.15, 0.2) is 61.2 Å². The summed E-state index contributed by atoms with van der Waals surface area (Å²) in [5.41, 5.74) is 7.95. The maximum atomic E-state index is 2.27. The monoisotopic (exact) mass is 338 g/mol. The summed E-state index contributed by atoms with van der Waals surface area (Å²) in [7, 11) is 0. The Kier molecular flexibility index (Phi) is 3.08. The number of aromatic nitrogens is 2. The first-order valence-electron chi connectivity index (χ1n) is 9.13. The zero-order valence-corrected chi connectivity index (χ0v) is 15.7. The molecule has 2 nitrogen and oxygen atoms in total. The fourth-order valence-electron chi connectivity index (χ4n) is 4.44. The summed E-state index contributed by atoms with van der Waals surface area (Å²) >= 11 is 0. The molecule has 5 rings (SSSR count). The molecule has 0 unspecified atom stereocenters. The largest absolute Gasteiger partial charge is 0.222 e. The third-order valence-corrected chi connectivity index (χ3v) is 5.89. The van der Waals surface area contributed by atoms with E-state index in [9.17, 15) is 0 Å². The van der Waals surface area contributed by atoms with Crippen molar-refractivity contribution in [2.24, 2.45) is 0 Å². The van der Waals surface area contributed by atoms with E-state index in [-0.39, 0.29) is 0 Å². The van der Waals surface area contributed by atoms with Crippen molar-refractivity contribution in [3.63, 3.8) is 0 Å². The average Bonchev–Trinajstić information content (AvgIpc) is 2.65. The standard InChI is InChI=1S/C24H22N2/c1-15-7-5-11-25-13-9-19-17(3)18(4)20-10-14-26-12-6-8-16(2)24(26)22(20)21(19)23(15)25/h5-14H,1-4H3/q+2. The smallest absolute Gasteiger partial charge is 0.166 e. The minimum atomic E-state index is 1.30. The predicted molar refractivity (Wildman–Crippen MR) is 107 cm³/mol. The van der Waals surface area contributed by atoms with Crippen LogP contribution in [0.25, 0.3) is 32.6 Å². The summed E-state index contributed by atoms with van der Waals surface area (Å²) in [6.45, 7) is 8.92.